The lowest BCUT2D eigenvalue weighted by Crippen LogP contribution is -2.47. The molecule has 0 saturated carbocycles. The van der Waals surface area contributed by atoms with Crippen LogP contribution in [0, 0.1) is 17.6 Å². The number of halogens is 3. The van der Waals surface area contributed by atoms with E-state index in [1.807, 2.05) is 20.8 Å². The molecule has 0 N–H and O–H groups in total. The zero-order valence-corrected chi connectivity index (χ0v) is 24.5. The maximum absolute atomic E-state index is 14.5. The fraction of sp³-hybridized carbons (Fsp3) is 0.500. The van der Waals surface area contributed by atoms with Gasteiger partial charge < -0.3 is 24.2 Å². The first-order valence-electron chi connectivity index (χ1n) is 13.8. The van der Waals surface area contributed by atoms with Crippen LogP contribution in [0.2, 0.25) is 5.02 Å². The number of rotatable bonds is 5. The van der Waals surface area contributed by atoms with Crippen molar-refractivity contribution < 1.29 is 32.6 Å². The highest BCUT2D eigenvalue weighted by Crippen LogP contribution is 2.35. The summed E-state index contributed by atoms with van der Waals surface area (Å²) in [5.41, 5.74) is 0.00739. The van der Waals surface area contributed by atoms with Gasteiger partial charge in [0.1, 0.15) is 23.0 Å². The molecule has 8 nitrogen and oxygen atoms in total. The molecule has 0 aliphatic carbocycles. The Morgan fingerprint density at radius 1 is 1.00 bits per heavy atom. The van der Waals surface area contributed by atoms with E-state index in [0.29, 0.717) is 31.5 Å². The molecule has 2 saturated heterocycles. The van der Waals surface area contributed by atoms with E-state index in [0.717, 1.165) is 0 Å². The van der Waals surface area contributed by atoms with Gasteiger partial charge in [0, 0.05) is 44.6 Å². The van der Waals surface area contributed by atoms with E-state index in [1.54, 1.807) is 22.8 Å². The zero-order chi connectivity index (χ0) is 29.9. The van der Waals surface area contributed by atoms with Crippen molar-refractivity contribution in [2.75, 3.05) is 32.7 Å². The molecular weight excluding hydrogens is 556 g/mol. The van der Waals surface area contributed by atoms with Crippen LogP contribution in [-0.4, -0.2) is 77.2 Å². The highest BCUT2D eigenvalue weighted by Gasteiger charge is 2.43. The van der Waals surface area contributed by atoms with Gasteiger partial charge in [-0.2, -0.15) is 0 Å². The van der Waals surface area contributed by atoms with Crippen LogP contribution >= 0.6 is 11.6 Å². The molecule has 1 unspecified atom stereocenters. The summed E-state index contributed by atoms with van der Waals surface area (Å²) >= 11 is 5.93. The van der Waals surface area contributed by atoms with E-state index in [1.165, 1.54) is 41.3 Å². The molecule has 3 amide bonds. The Bertz CT molecular complexity index is 1260. The number of carbonyl (C=O) groups is 3. The molecule has 11 heteroatoms. The Balaban J connectivity index is 1.50. The van der Waals surface area contributed by atoms with Crippen molar-refractivity contribution in [2.45, 2.75) is 58.1 Å². The second-order valence-electron chi connectivity index (χ2n) is 11.4. The molecule has 2 aromatic carbocycles. The third-order valence-electron chi connectivity index (χ3n) is 7.46. The first-order valence-corrected chi connectivity index (χ1v) is 14.2. The molecule has 2 aromatic rings. The van der Waals surface area contributed by atoms with Crippen LogP contribution in [0.5, 0.6) is 5.75 Å². The van der Waals surface area contributed by atoms with Crippen LogP contribution in [0.3, 0.4) is 0 Å². The fourth-order valence-corrected chi connectivity index (χ4v) is 5.53. The molecule has 2 atom stereocenters. The summed E-state index contributed by atoms with van der Waals surface area (Å²) in [5.74, 6) is -1.61. The van der Waals surface area contributed by atoms with Gasteiger partial charge in [-0.25, -0.2) is 18.4 Å². The quantitative estimate of drug-likeness (QED) is 0.421. The summed E-state index contributed by atoms with van der Waals surface area (Å²) < 4.78 is 38.8. The van der Waals surface area contributed by atoms with Gasteiger partial charge in [0.05, 0.1) is 11.1 Å². The molecule has 222 valence electrons. The highest BCUT2D eigenvalue weighted by molar-refractivity contribution is 6.30. The van der Waals surface area contributed by atoms with Crippen molar-refractivity contribution in [1.29, 1.82) is 0 Å². The number of ether oxygens (including phenoxy) is 2. The summed E-state index contributed by atoms with van der Waals surface area (Å²) in [7, 11) is 0. The van der Waals surface area contributed by atoms with Gasteiger partial charge in [0.2, 0.25) is 5.91 Å². The van der Waals surface area contributed by atoms with Gasteiger partial charge in [-0.3, -0.25) is 4.79 Å². The third-order valence-corrected chi connectivity index (χ3v) is 7.77. The van der Waals surface area contributed by atoms with Gasteiger partial charge in [-0.05, 0) is 82.5 Å². The minimum absolute atomic E-state index is 0.0176. The maximum Gasteiger partial charge on any atom is 0.415 e. The van der Waals surface area contributed by atoms with Gasteiger partial charge in [0.25, 0.3) is 0 Å². The Hall–Kier alpha value is -3.40. The van der Waals surface area contributed by atoms with E-state index in [-0.39, 0.29) is 42.2 Å². The lowest BCUT2D eigenvalue weighted by molar-refractivity contribution is -0.136. The second-order valence-corrected chi connectivity index (χ2v) is 11.8. The highest BCUT2D eigenvalue weighted by atomic mass is 35.5. The summed E-state index contributed by atoms with van der Waals surface area (Å²) in [4.78, 5) is 44.2. The van der Waals surface area contributed by atoms with Crippen LogP contribution in [-0.2, 0) is 9.53 Å². The number of likely N-dealkylation sites (tertiary alicyclic amines) is 2. The standard InChI is InChI=1S/C30H36ClF2N3O5/c1-5-36(29(39)40-22-9-7-21(32)8-10-22)26-18-35(17-23(26)20-6-11-24(31)25(33)16-20)27(37)19-12-14-34(15-13-19)28(38)41-30(2,3)4/h6-11,16,19,23,26H,5,12-15,17-18H2,1-4H3/t23?,26-/m1/s1. The predicted octanol–water partition coefficient (Wildman–Crippen LogP) is 6.08. The summed E-state index contributed by atoms with van der Waals surface area (Å²) in [6.45, 7) is 8.80. The van der Waals surface area contributed by atoms with Gasteiger partial charge in [-0.1, -0.05) is 17.7 Å². The lowest BCUT2D eigenvalue weighted by Gasteiger charge is -2.34. The maximum atomic E-state index is 14.5. The Labute approximate surface area is 244 Å². The van der Waals surface area contributed by atoms with Gasteiger partial charge >= 0.3 is 12.2 Å². The van der Waals surface area contributed by atoms with Crippen molar-refractivity contribution >= 4 is 29.7 Å². The first kappa shape index (κ1) is 30.6. The largest absolute Gasteiger partial charge is 0.444 e. The number of carbonyl (C=O) groups excluding carboxylic acids is 3. The normalized spacial score (nSPS) is 19.7. The SMILES string of the molecule is CCN(C(=O)Oc1ccc(F)cc1)[C@@H]1CN(C(=O)C2CCN(C(=O)OC(C)(C)C)CC2)CC1c1ccc(Cl)c(F)c1. The number of nitrogens with zero attached hydrogens (tertiary/aromatic N) is 3. The molecule has 2 heterocycles. The number of hydrogen-bond donors (Lipinski definition) is 0. The fourth-order valence-electron chi connectivity index (χ4n) is 5.41. The Morgan fingerprint density at radius 3 is 2.24 bits per heavy atom. The van der Waals surface area contributed by atoms with E-state index in [4.69, 9.17) is 21.1 Å². The van der Waals surface area contributed by atoms with Gasteiger partial charge in [-0.15, -0.1) is 0 Å². The molecule has 2 fully saturated rings. The van der Waals surface area contributed by atoms with Gasteiger partial charge in [0.15, 0.2) is 0 Å². The first-order chi connectivity index (χ1) is 19.4. The van der Waals surface area contributed by atoms with Crippen LogP contribution < -0.4 is 4.74 Å². The van der Waals surface area contributed by atoms with Crippen LogP contribution in [0.25, 0.3) is 0 Å². The number of hydrogen-bond acceptors (Lipinski definition) is 5. The van der Waals surface area contributed by atoms with Crippen molar-refractivity contribution in [3.8, 4) is 5.75 Å². The summed E-state index contributed by atoms with van der Waals surface area (Å²) in [6.07, 6.45) is -0.0658. The van der Waals surface area contributed by atoms with E-state index in [9.17, 15) is 23.2 Å². The molecule has 2 aliphatic rings. The minimum atomic E-state index is -0.650. The molecule has 0 radical (unpaired) electrons. The van der Waals surface area contributed by atoms with Crippen molar-refractivity contribution in [1.82, 2.24) is 14.7 Å². The van der Waals surface area contributed by atoms with Crippen LogP contribution in [0.1, 0.15) is 52.0 Å². The second kappa shape index (κ2) is 12.6. The number of amides is 3. The zero-order valence-electron chi connectivity index (χ0n) is 23.7. The molecule has 0 spiro atoms. The predicted molar refractivity (Wildman–Crippen MR) is 150 cm³/mol. The Morgan fingerprint density at radius 2 is 1.66 bits per heavy atom. The Kier molecular flexibility index (Phi) is 9.41. The molecule has 0 aromatic heterocycles. The van der Waals surface area contributed by atoms with Crippen molar-refractivity contribution in [3.05, 3.63) is 64.7 Å². The molecule has 4 rings (SSSR count). The molecule has 2 aliphatic heterocycles. The topological polar surface area (TPSA) is 79.4 Å². The van der Waals surface area contributed by atoms with Crippen molar-refractivity contribution in [2.24, 2.45) is 5.92 Å². The monoisotopic (exact) mass is 591 g/mol. The summed E-state index contributed by atoms with van der Waals surface area (Å²) in [6, 6.07) is 9.13. The summed E-state index contributed by atoms with van der Waals surface area (Å²) in [5, 5.41) is -0.0176. The smallest absolute Gasteiger partial charge is 0.415 e. The van der Waals surface area contributed by atoms with Crippen LogP contribution in [0.4, 0.5) is 18.4 Å². The molecule has 41 heavy (non-hydrogen) atoms. The number of piperidine rings is 1. The minimum Gasteiger partial charge on any atom is -0.444 e. The molecule has 0 bridgehead atoms. The number of benzene rings is 2. The third kappa shape index (κ3) is 7.47. The van der Waals surface area contributed by atoms with E-state index >= 15 is 0 Å². The molecular formula is C30H36ClF2N3O5. The average molecular weight is 592 g/mol. The average Bonchev–Trinajstić information content (AvgIpc) is 3.35. The number of likely N-dealkylation sites (N-methyl/N-ethyl adjacent to an activating group) is 1. The van der Waals surface area contributed by atoms with E-state index in [2.05, 4.69) is 0 Å². The van der Waals surface area contributed by atoms with Crippen LogP contribution in [0.15, 0.2) is 42.5 Å². The lowest BCUT2D eigenvalue weighted by atomic mass is 9.93. The van der Waals surface area contributed by atoms with Crippen molar-refractivity contribution in [3.63, 3.8) is 0 Å². The van der Waals surface area contributed by atoms with E-state index < -0.39 is 41.4 Å².